The number of β-lactam (4-membered cyclic amide) rings is 1. The van der Waals surface area contributed by atoms with E-state index in [0.29, 0.717) is 5.00 Å². The number of nitrogen functional groups attached to an aromatic ring is 1. The monoisotopic (exact) mass is 549 g/mol. The number of hydrogen-bond acceptors (Lipinski definition) is 12. The van der Waals surface area contributed by atoms with Crippen LogP contribution in [0.2, 0.25) is 0 Å². The van der Waals surface area contributed by atoms with Crippen LogP contribution in [0.3, 0.4) is 0 Å². The fraction of sp³-hybridized carbons (Fsp3) is 0.389. The van der Waals surface area contributed by atoms with E-state index in [9.17, 15) is 24.3 Å². The Hall–Kier alpha value is -2.24. The van der Waals surface area contributed by atoms with Gasteiger partial charge in [-0.2, -0.15) is 0 Å². The zero-order valence-corrected chi connectivity index (χ0v) is 20.3. The van der Waals surface area contributed by atoms with Gasteiger partial charge in [0.1, 0.15) is 39.6 Å². The molecule has 4 rings (SSSR count). The molecule has 13 nitrogen and oxygen atoms in total. The Bertz CT molecular complexity index is 1200. The number of rotatable bonds is 7. The molecule has 2 unspecified atom stereocenters. The van der Waals surface area contributed by atoms with Gasteiger partial charge in [-0.15, -0.1) is 23.1 Å². The molecule has 0 aliphatic carbocycles. The summed E-state index contributed by atoms with van der Waals surface area (Å²) in [7, 11) is 1.28. The Kier molecular flexibility index (Phi) is 8.44. The number of thiazole rings is 2. The molecule has 35 heavy (non-hydrogen) atoms. The molecule has 4 heterocycles. The predicted molar refractivity (Wildman–Crippen MR) is 133 cm³/mol. The van der Waals surface area contributed by atoms with E-state index >= 15 is 0 Å². The molecule has 0 saturated carbocycles. The van der Waals surface area contributed by atoms with Gasteiger partial charge in [-0.05, 0) is 0 Å². The summed E-state index contributed by atoms with van der Waals surface area (Å²) >= 11 is 3.41. The number of carboxylic acids is 1. The number of aliphatic carboxylic acids is 1. The third-order valence-electron chi connectivity index (χ3n) is 5.15. The number of amides is 3. The second kappa shape index (κ2) is 10.8. The molecule has 3 atom stereocenters. The van der Waals surface area contributed by atoms with Crippen LogP contribution < -0.4 is 16.4 Å². The first-order valence-electron chi connectivity index (χ1n) is 9.69. The van der Waals surface area contributed by atoms with Crippen molar-refractivity contribution in [3.63, 3.8) is 0 Å². The third kappa shape index (κ3) is 5.17. The zero-order valence-electron chi connectivity index (χ0n) is 17.8. The molecule has 3 amide bonds. The first-order chi connectivity index (χ1) is 16.2. The molecule has 5 N–H and O–H groups in total. The average molecular weight is 550 g/mol. The second-order valence-electron chi connectivity index (χ2n) is 7.41. The first kappa shape index (κ1) is 27.3. The van der Waals surface area contributed by atoms with Crippen LogP contribution in [0, 0.1) is 0 Å². The van der Waals surface area contributed by atoms with Gasteiger partial charge in [-0.3, -0.25) is 19.2 Å². The number of fused-ring (bicyclic) bond motifs is 1. The standard InChI is InChI=1S/C18H19N7O6S3.Na.H/c1-7(26)21-9-3-20-15(34-9)18(16(29)30)5-25-13(28)11(14(25)33-6-18)23-12(27)10(24-31-2)8-4-32-17(19)22-8;;/h3-4,11,14H,5-6H2,1-2H3,(H2,19,22)(H,21,26)(H,23,27)(H,29,30);;/t11?,14-,18?;;/m1../s1. The summed E-state index contributed by atoms with van der Waals surface area (Å²) in [4.78, 5) is 63.6. The number of carboxylic acid groups (broad SMARTS) is 1. The average Bonchev–Trinajstić information content (AvgIpc) is 3.43. The number of hydrogen-bond donors (Lipinski definition) is 4. The van der Waals surface area contributed by atoms with E-state index in [2.05, 4.69) is 25.8 Å². The molecule has 2 aliphatic rings. The molecule has 0 spiro atoms. The molecule has 182 valence electrons. The van der Waals surface area contributed by atoms with Crippen LogP contribution in [0.5, 0.6) is 0 Å². The second-order valence-corrected chi connectivity index (χ2v) is 10.4. The summed E-state index contributed by atoms with van der Waals surface area (Å²) < 4.78 is 0. The van der Waals surface area contributed by atoms with E-state index in [1.807, 2.05) is 0 Å². The molecule has 2 aliphatic heterocycles. The number of carbonyl (C=O) groups excluding carboxylic acids is 3. The number of oxime groups is 1. The number of thioether (sulfide) groups is 1. The van der Waals surface area contributed by atoms with Crippen molar-refractivity contribution in [2.75, 3.05) is 30.5 Å². The molecule has 2 fully saturated rings. The summed E-state index contributed by atoms with van der Waals surface area (Å²) in [6.07, 6.45) is 1.39. The molecule has 0 radical (unpaired) electrons. The maximum absolute atomic E-state index is 12.9. The molecule has 2 aromatic heterocycles. The number of anilines is 2. The topological polar surface area (TPSA) is 189 Å². The van der Waals surface area contributed by atoms with Crippen molar-refractivity contribution >= 4 is 104 Å². The van der Waals surface area contributed by atoms with E-state index in [-0.39, 0.29) is 69.3 Å². The van der Waals surface area contributed by atoms with Crippen LogP contribution in [-0.4, -0.2) is 110 Å². The SMILES string of the molecule is CON=C(C(=O)NC1C(=O)N2CC(C(=O)O)(c3ncc(NC(C)=O)s3)CS[C@H]12)c1csc(N)n1.[NaH]. The van der Waals surface area contributed by atoms with E-state index in [4.69, 9.17) is 10.6 Å². The third-order valence-corrected chi connectivity index (χ3v) is 8.47. The van der Waals surface area contributed by atoms with E-state index in [1.54, 1.807) is 5.38 Å². The number of nitrogens with one attached hydrogen (secondary N) is 2. The molecular weight excluding hydrogens is 529 g/mol. The summed E-state index contributed by atoms with van der Waals surface area (Å²) in [5, 5.41) is 21.0. The van der Waals surface area contributed by atoms with Crippen molar-refractivity contribution in [3.05, 3.63) is 22.3 Å². The van der Waals surface area contributed by atoms with Gasteiger partial charge in [0, 0.05) is 24.6 Å². The molecule has 0 aromatic carbocycles. The van der Waals surface area contributed by atoms with Gasteiger partial charge in [-0.25, -0.2) is 9.97 Å². The molecule has 0 bridgehead atoms. The first-order valence-corrected chi connectivity index (χ1v) is 12.4. The fourth-order valence-electron chi connectivity index (χ4n) is 3.55. The van der Waals surface area contributed by atoms with Crippen LogP contribution in [0.15, 0.2) is 16.7 Å². The van der Waals surface area contributed by atoms with Gasteiger partial charge >= 0.3 is 35.5 Å². The molecular formula is C18H20N7NaO6S3. The summed E-state index contributed by atoms with van der Waals surface area (Å²) in [6, 6.07) is -0.867. The van der Waals surface area contributed by atoms with Crippen molar-refractivity contribution in [1.82, 2.24) is 20.2 Å². The number of carbonyl (C=O) groups is 4. The van der Waals surface area contributed by atoms with Crippen molar-refractivity contribution in [2.24, 2.45) is 5.16 Å². The van der Waals surface area contributed by atoms with Gasteiger partial charge in [0.25, 0.3) is 5.91 Å². The number of nitrogens with two attached hydrogens (primary N) is 1. The Balaban J connectivity index is 0.00000342. The van der Waals surface area contributed by atoms with Gasteiger partial charge in [0.15, 0.2) is 10.8 Å². The van der Waals surface area contributed by atoms with Gasteiger partial charge < -0.3 is 31.2 Å². The van der Waals surface area contributed by atoms with Crippen LogP contribution in [0.4, 0.5) is 10.1 Å². The van der Waals surface area contributed by atoms with Crippen LogP contribution in [0.25, 0.3) is 0 Å². The van der Waals surface area contributed by atoms with Crippen LogP contribution in [0.1, 0.15) is 17.6 Å². The quantitative estimate of drug-likeness (QED) is 0.148. The summed E-state index contributed by atoms with van der Waals surface area (Å²) in [5.74, 6) is -2.40. The van der Waals surface area contributed by atoms with Crippen molar-refractivity contribution < 1.29 is 29.1 Å². The molecule has 2 saturated heterocycles. The Labute approximate surface area is 233 Å². The Morgan fingerprint density at radius 3 is 2.74 bits per heavy atom. The molecule has 17 heteroatoms. The Morgan fingerprint density at radius 1 is 1.40 bits per heavy atom. The minimum atomic E-state index is -1.44. The van der Waals surface area contributed by atoms with Gasteiger partial charge in [0.05, 0.1) is 6.20 Å². The van der Waals surface area contributed by atoms with Crippen LogP contribution >= 0.6 is 34.4 Å². The summed E-state index contributed by atoms with van der Waals surface area (Å²) in [5.41, 5.74) is 4.27. The number of nitrogens with zero attached hydrogens (tertiary/aromatic N) is 4. The minimum absolute atomic E-state index is 0. The van der Waals surface area contributed by atoms with E-state index in [1.165, 1.54) is 36.9 Å². The normalized spacial score (nSPS) is 23.4. The van der Waals surface area contributed by atoms with Crippen molar-refractivity contribution in [3.8, 4) is 0 Å². The predicted octanol–water partition coefficient (Wildman–Crippen LogP) is -0.735. The van der Waals surface area contributed by atoms with E-state index in [0.717, 1.165) is 22.7 Å². The van der Waals surface area contributed by atoms with Crippen LogP contribution in [-0.2, 0) is 29.4 Å². The number of aromatic nitrogens is 2. The van der Waals surface area contributed by atoms with Crippen molar-refractivity contribution in [1.29, 1.82) is 0 Å². The van der Waals surface area contributed by atoms with E-state index < -0.39 is 34.6 Å². The zero-order chi connectivity index (χ0) is 24.6. The summed E-state index contributed by atoms with van der Waals surface area (Å²) in [6.45, 7) is 1.23. The van der Waals surface area contributed by atoms with Crippen molar-refractivity contribution in [2.45, 2.75) is 23.8 Å². The Morgan fingerprint density at radius 2 is 2.14 bits per heavy atom. The maximum atomic E-state index is 12.9. The fourth-order valence-corrected chi connectivity index (χ4v) is 6.77. The van der Waals surface area contributed by atoms with Gasteiger partial charge in [0.2, 0.25) is 11.8 Å². The molecule has 2 aromatic rings. The van der Waals surface area contributed by atoms with Gasteiger partial charge in [-0.1, -0.05) is 16.5 Å².